The Labute approximate surface area is 113 Å². The van der Waals surface area contributed by atoms with Crippen LogP contribution in [0.15, 0.2) is 18.3 Å². The van der Waals surface area contributed by atoms with Crippen molar-refractivity contribution in [3.8, 4) is 0 Å². The van der Waals surface area contributed by atoms with Crippen LogP contribution in [0.4, 0.5) is 0 Å². The fourth-order valence-corrected chi connectivity index (χ4v) is 1.87. The molecule has 0 unspecified atom stereocenters. The van der Waals surface area contributed by atoms with Crippen LogP contribution < -0.4 is 5.32 Å². The van der Waals surface area contributed by atoms with Crippen LogP contribution in [-0.4, -0.2) is 28.1 Å². The van der Waals surface area contributed by atoms with Crippen molar-refractivity contribution in [3.05, 3.63) is 24.0 Å². The van der Waals surface area contributed by atoms with Crippen LogP contribution in [0.1, 0.15) is 43.6 Å². The highest BCUT2D eigenvalue weighted by molar-refractivity contribution is 5.92. The first-order chi connectivity index (χ1) is 8.82. The van der Waals surface area contributed by atoms with Gasteiger partial charge in [-0.15, -0.1) is 0 Å². The summed E-state index contributed by atoms with van der Waals surface area (Å²) in [6.07, 6.45) is 3.36. The van der Waals surface area contributed by atoms with E-state index in [9.17, 15) is 9.59 Å². The highest BCUT2D eigenvalue weighted by Crippen LogP contribution is 2.26. The van der Waals surface area contributed by atoms with E-state index in [4.69, 9.17) is 5.11 Å². The molecular weight excluding hydrogens is 244 g/mol. The van der Waals surface area contributed by atoms with Crippen LogP contribution in [0.2, 0.25) is 0 Å². The number of rotatable bonds is 7. The van der Waals surface area contributed by atoms with Crippen molar-refractivity contribution in [2.75, 3.05) is 6.54 Å². The van der Waals surface area contributed by atoms with Crippen LogP contribution in [0, 0.1) is 5.41 Å². The molecule has 0 aliphatic carbocycles. The van der Waals surface area contributed by atoms with Gasteiger partial charge in [-0.1, -0.05) is 13.8 Å². The molecule has 0 saturated carbocycles. The van der Waals surface area contributed by atoms with Gasteiger partial charge in [0.25, 0.3) is 5.91 Å². The molecule has 0 spiro atoms. The molecule has 0 aliphatic heterocycles. The van der Waals surface area contributed by atoms with Gasteiger partial charge in [0.2, 0.25) is 0 Å². The monoisotopic (exact) mass is 266 g/mol. The van der Waals surface area contributed by atoms with Gasteiger partial charge in [-0.05, 0) is 30.4 Å². The lowest BCUT2D eigenvalue weighted by molar-refractivity contribution is -0.137. The summed E-state index contributed by atoms with van der Waals surface area (Å²) in [7, 11) is 1.83. The number of hydrogen-bond acceptors (Lipinski definition) is 2. The van der Waals surface area contributed by atoms with Crippen LogP contribution in [0.25, 0.3) is 0 Å². The highest BCUT2D eigenvalue weighted by atomic mass is 16.4. The van der Waals surface area contributed by atoms with E-state index < -0.39 is 5.97 Å². The zero-order chi connectivity index (χ0) is 14.5. The lowest BCUT2D eigenvalue weighted by Crippen LogP contribution is -2.29. The van der Waals surface area contributed by atoms with E-state index in [0.717, 1.165) is 6.42 Å². The number of aromatic nitrogens is 1. The van der Waals surface area contributed by atoms with Crippen molar-refractivity contribution < 1.29 is 14.7 Å². The number of nitrogens with one attached hydrogen (secondary N) is 1. The summed E-state index contributed by atoms with van der Waals surface area (Å²) >= 11 is 0. The second-order valence-corrected chi connectivity index (χ2v) is 5.57. The fraction of sp³-hybridized carbons (Fsp3) is 0.571. The van der Waals surface area contributed by atoms with Gasteiger partial charge in [-0.3, -0.25) is 9.59 Å². The Morgan fingerprint density at radius 2 is 2.05 bits per heavy atom. The van der Waals surface area contributed by atoms with E-state index in [1.165, 1.54) is 0 Å². The Hall–Kier alpha value is -1.78. The van der Waals surface area contributed by atoms with Crippen molar-refractivity contribution in [2.45, 2.75) is 33.1 Å². The van der Waals surface area contributed by atoms with E-state index in [2.05, 4.69) is 5.32 Å². The van der Waals surface area contributed by atoms with Crippen LogP contribution in [0.5, 0.6) is 0 Å². The van der Waals surface area contributed by atoms with Gasteiger partial charge in [-0.2, -0.15) is 0 Å². The topological polar surface area (TPSA) is 71.3 Å². The molecule has 106 valence electrons. The van der Waals surface area contributed by atoms with Crippen molar-refractivity contribution >= 4 is 11.9 Å². The molecule has 0 radical (unpaired) electrons. The van der Waals surface area contributed by atoms with Crippen LogP contribution >= 0.6 is 0 Å². The van der Waals surface area contributed by atoms with Gasteiger partial charge in [-0.25, -0.2) is 0 Å². The normalized spacial score (nSPS) is 11.3. The molecule has 1 aromatic heterocycles. The van der Waals surface area contributed by atoms with Crippen molar-refractivity contribution in [2.24, 2.45) is 12.5 Å². The third kappa shape index (κ3) is 5.16. The maximum Gasteiger partial charge on any atom is 0.303 e. The van der Waals surface area contributed by atoms with Crippen molar-refractivity contribution in [3.63, 3.8) is 0 Å². The van der Waals surface area contributed by atoms with Gasteiger partial charge >= 0.3 is 5.97 Å². The van der Waals surface area contributed by atoms with Crippen LogP contribution in [0.3, 0.4) is 0 Å². The van der Waals surface area contributed by atoms with Crippen molar-refractivity contribution in [1.82, 2.24) is 9.88 Å². The quantitative estimate of drug-likeness (QED) is 0.793. The molecule has 0 bridgehead atoms. The molecule has 0 aliphatic rings. The smallest absolute Gasteiger partial charge is 0.303 e. The summed E-state index contributed by atoms with van der Waals surface area (Å²) in [5, 5.41) is 11.5. The van der Waals surface area contributed by atoms with Gasteiger partial charge < -0.3 is 15.0 Å². The largest absolute Gasteiger partial charge is 0.481 e. The molecule has 1 heterocycles. The summed E-state index contributed by atoms with van der Waals surface area (Å²) in [5.41, 5.74) is 0.545. The molecule has 1 rings (SSSR count). The lowest BCUT2D eigenvalue weighted by Gasteiger charge is -2.23. The van der Waals surface area contributed by atoms with E-state index in [1.54, 1.807) is 10.6 Å². The summed E-state index contributed by atoms with van der Waals surface area (Å²) in [5.74, 6) is -0.873. The number of carboxylic acid groups (broad SMARTS) is 1. The molecule has 19 heavy (non-hydrogen) atoms. The number of aliphatic carboxylic acids is 1. The molecule has 5 heteroatoms. The van der Waals surface area contributed by atoms with E-state index in [-0.39, 0.29) is 17.7 Å². The summed E-state index contributed by atoms with van der Waals surface area (Å²) in [6.45, 7) is 4.59. The van der Waals surface area contributed by atoms with E-state index in [0.29, 0.717) is 18.7 Å². The van der Waals surface area contributed by atoms with E-state index >= 15 is 0 Å². The third-order valence-electron chi connectivity index (χ3n) is 3.28. The SMILES string of the molecule is Cn1cccc1C(=O)NCCC(C)(C)CCC(=O)O. The number of carbonyl (C=O) groups is 2. The molecular formula is C14H22N2O3. The predicted octanol–water partition coefficient (Wildman–Crippen LogP) is 2.04. The van der Waals surface area contributed by atoms with Gasteiger partial charge in [0.15, 0.2) is 0 Å². The highest BCUT2D eigenvalue weighted by Gasteiger charge is 2.19. The standard InChI is InChI=1S/C14H22N2O3/c1-14(2,7-6-12(17)18)8-9-15-13(19)11-5-4-10-16(11)3/h4-5,10H,6-9H2,1-3H3,(H,15,19)(H,17,18). The second-order valence-electron chi connectivity index (χ2n) is 5.57. The molecule has 0 saturated heterocycles. The van der Waals surface area contributed by atoms with Gasteiger partial charge in [0.05, 0.1) is 0 Å². The number of amides is 1. The molecule has 1 amide bonds. The molecule has 0 atom stereocenters. The minimum Gasteiger partial charge on any atom is -0.481 e. The number of carboxylic acids is 1. The fourth-order valence-electron chi connectivity index (χ4n) is 1.87. The average molecular weight is 266 g/mol. The number of hydrogen-bond donors (Lipinski definition) is 2. The second kappa shape index (κ2) is 6.41. The summed E-state index contributed by atoms with van der Waals surface area (Å²) in [6, 6.07) is 3.59. The molecule has 2 N–H and O–H groups in total. The minimum absolute atomic E-state index is 0.0835. The Kier molecular flexibility index (Phi) is 5.15. The van der Waals surface area contributed by atoms with Crippen LogP contribution in [-0.2, 0) is 11.8 Å². The third-order valence-corrected chi connectivity index (χ3v) is 3.28. The Bertz CT molecular complexity index is 449. The lowest BCUT2D eigenvalue weighted by atomic mass is 9.84. The number of aryl methyl sites for hydroxylation is 1. The maximum absolute atomic E-state index is 11.9. The first-order valence-electron chi connectivity index (χ1n) is 6.43. The molecule has 5 nitrogen and oxygen atoms in total. The van der Waals surface area contributed by atoms with Gasteiger partial charge in [0.1, 0.15) is 5.69 Å². The first-order valence-corrected chi connectivity index (χ1v) is 6.43. The Balaban J connectivity index is 2.35. The summed E-state index contributed by atoms with van der Waals surface area (Å²) < 4.78 is 1.77. The zero-order valence-electron chi connectivity index (χ0n) is 11.8. The Morgan fingerprint density at radius 3 is 2.58 bits per heavy atom. The molecule has 0 aromatic carbocycles. The molecule has 1 aromatic rings. The zero-order valence-corrected chi connectivity index (χ0v) is 11.8. The Morgan fingerprint density at radius 1 is 1.37 bits per heavy atom. The van der Waals surface area contributed by atoms with Crippen molar-refractivity contribution in [1.29, 1.82) is 0 Å². The number of carbonyl (C=O) groups excluding carboxylic acids is 1. The number of nitrogens with zero attached hydrogens (tertiary/aromatic N) is 1. The van der Waals surface area contributed by atoms with E-state index in [1.807, 2.05) is 33.2 Å². The first kappa shape index (κ1) is 15.3. The maximum atomic E-state index is 11.9. The average Bonchev–Trinajstić information content (AvgIpc) is 2.73. The predicted molar refractivity (Wildman–Crippen MR) is 73.0 cm³/mol. The van der Waals surface area contributed by atoms with Gasteiger partial charge in [0, 0.05) is 26.2 Å². The minimum atomic E-state index is -0.777. The summed E-state index contributed by atoms with van der Waals surface area (Å²) in [4.78, 5) is 22.4. The molecule has 0 fully saturated rings.